The predicted octanol–water partition coefficient (Wildman–Crippen LogP) is 0.549. The van der Waals surface area contributed by atoms with Crippen LogP contribution in [0.1, 0.15) is 16.2 Å². The number of ketones is 1. The molecular formula is C14H10N4O3. The molecule has 2 heterocycles. The van der Waals surface area contributed by atoms with Crippen LogP contribution in [-0.4, -0.2) is 31.8 Å². The summed E-state index contributed by atoms with van der Waals surface area (Å²) in [6.07, 6.45) is 3.16. The number of aldehydes is 1. The number of nitrogens with one attached hydrogen (secondary N) is 1. The average Bonchev–Trinajstić information content (AvgIpc) is 2.87. The highest BCUT2D eigenvalue weighted by molar-refractivity contribution is 6.35. The molecule has 0 radical (unpaired) electrons. The highest BCUT2D eigenvalue weighted by Gasteiger charge is 2.17. The zero-order chi connectivity index (χ0) is 14.8. The van der Waals surface area contributed by atoms with E-state index in [2.05, 4.69) is 15.2 Å². The Bertz CT molecular complexity index is 894. The van der Waals surface area contributed by atoms with Crippen LogP contribution < -0.4 is 5.56 Å². The molecule has 0 unspecified atom stereocenters. The number of aromatic nitrogens is 4. The second-order valence-corrected chi connectivity index (χ2v) is 4.44. The van der Waals surface area contributed by atoms with E-state index in [-0.39, 0.29) is 29.8 Å². The lowest BCUT2D eigenvalue weighted by atomic mass is 10.1. The van der Waals surface area contributed by atoms with Crippen molar-refractivity contribution in [3.05, 3.63) is 58.5 Å². The van der Waals surface area contributed by atoms with Gasteiger partial charge in [-0.25, -0.2) is 0 Å². The first-order valence-corrected chi connectivity index (χ1v) is 6.17. The smallest absolute Gasteiger partial charge is 0.274 e. The predicted molar refractivity (Wildman–Crippen MR) is 74.1 cm³/mol. The van der Waals surface area contributed by atoms with Crippen LogP contribution in [0.4, 0.5) is 0 Å². The van der Waals surface area contributed by atoms with Gasteiger partial charge in [0.1, 0.15) is 17.7 Å². The molecule has 7 nitrogen and oxygen atoms in total. The van der Waals surface area contributed by atoms with Gasteiger partial charge in [-0.2, -0.15) is 0 Å². The van der Waals surface area contributed by atoms with Gasteiger partial charge in [-0.1, -0.05) is 24.3 Å². The van der Waals surface area contributed by atoms with E-state index in [1.807, 2.05) is 12.1 Å². The largest absolute Gasteiger partial charge is 0.337 e. The first-order chi connectivity index (χ1) is 10.2. The molecule has 0 amide bonds. The molecule has 0 atom stereocenters. The van der Waals surface area contributed by atoms with E-state index in [0.717, 1.165) is 5.39 Å². The van der Waals surface area contributed by atoms with Crippen molar-refractivity contribution in [2.75, 3.05) is 0 Å². The van der Waals surface area contributed by atoms with Crippen molar-refractivity contribution in [2.24, 2.45) is 0 Å². The van der Waals surface area contributed by atoms with Gasteiger partial charge in [0.15, 0.2) is 6.29 Å². The molecule has 0 bridgehead atoms. The molecule has 7 heteroatoms. The minimum Gasteiger partial charge on any atom is -0.337 e. The van der Waals surface area contributed by atoms with Gasteiger partial charge in [0.25, 0.3) is 5.56 Å². The summed E-state index contributed by atoms with van der Waals surface area (Å²) in [5.41, 5.74) is 0.0238. The summed E-state index contributed by atoms with van der Waals surface area (Å²) >= 11 is 0. The number of rotatable bonds is 4. The van der Waals surface area contributed by atoms with E-state index in [1.165, 1.54) is 6.33 Å². The number of hydrogen-bond acceptors (Lipinski definition) is 5. The molecule has 1 N–H and O–H groups in total. The third-order valence-electron chi connectivity index (χ3n) is 3.15. The second-order valence-electron chi connectivity index (χ2n) is 4.44. The molecule has 0 saturated carbocycles. The SMILES string of the molecule is O=CC(=O)c1c2ccccc2cn1Cc1nnc[nH]c1=O. The summed E-state index contributed by atoms with van der Waals surface area (Å²) in [7, 11) is 0. The Morgan fingerprint density at radius 2 is 2.14 bits per heavy atom. The van der Waals surface area contributed by atoms with E-state index < -0.39 is 5.78 Å². The molecule has 0 saturated heterocycles. The van der Waals surface area contributed by atoms with E-state index in [1.54, 1.807) is 22.9 Å². The van der Waals surface area contributed by atoms with Crippen molar-refractivity contribution >= 4 is 22.8 Å². The quantitative estimate of drug-likeness (QED) is 0.428. The summed E-state index contributed by atoms with van der Waals surface area (Å²) in [4.78, 5) is 36.8. The Kier molecular flexibility index (Phi) is 3.15. The number of carbonyl (C=O) groups is 2. The molecule has 2 aromatic heterocycles. The molecule has 3 rings (SSSR count). The highest BCUT2D eigenvalue weighted by atomic mass is 16.2. The number of carbonyl (C=O) groups excluding carboxylic acids is 2. The van der Waals surface area contributed by atoms with Crippen molar-refractivity contribution in [3.8, 4) is 0 Å². The maximum Gasteiger partial charge on any atom is 0.274 e. The Morgan fingerprint density at radius 3 is 2.90 bits per heavy atom. The second kappa shape index (κ2) is 5.12. The molecule has 0 aliphatic carbocycles. The minimum absolute atomic E-state index is 0.0623. The van der Waals surface area contributed by atoms with Crippen molar-refractivity contribution in [3.63, 3.8) is 0 Å². The van der Waals surface area contributed by atoms with Crippen molar-refractivity contribution in [2.45, 2.75) is 6.54 Å². The third kappa shape index (κ3) is 2.25. The lowest BCUT2D eigenvalue weighted by Crippen LogP contribution is -2.20. The Balaban J connectivity index is 2.18. The number of benzene rings is 1. The van der Waals surface area contributed by atoms with Crippen LogP contribution in [0, 0.1) is 0 Å². The summed E-state index contributed by atoms with van der Waals surface area (Å²) in [6, 6.07) is 7.19. The molecule has 0 aliphatic heterocycles. The number of fused-ring (bicyclic) bond motifs is 1. The average molecular weight is 282 g/mol. The van der Waals surface area contributed by atoms with Gasteiger partial charge >= 0.3 is 0 Å². The first-order valence-electron chi connectivity index (χ1n) is 6.17. The van der Waals surface area contributed by atoms with Crippen LogP contribution in [0.5, 0.6) is 0 Å². The van der Waals surface area contributed by atoms with Crippen molar-refractivity contribution in [1.82, 2.24) is 19.7 Å². The van der Waals surface area contributed by atoms with Gasteiger partial charge in [0, 0.05) is 17.0 Å². The lowest BCUT2D eigenvalue weighted by Gasteiger charge is -2.04. The molecule has 3 aromatic rings. The molecule has 0 fully saturated rings. The summed E-state index contributed by atoms with van der Waals surface area (Å²) in [5.74, 6) is -0.642. The highest BCUT2D eigenvalue weighted by Crippen LogP contribution is 2.21. The van der Waals surface area contributed by atoms with Crippen LogP contribution in [0.2, 0.25) is 0 Å². The fourth-order valence-electron chi connectivity index (χ4n) is 2.25. The van der Waals surface area contributed by atoms with Gasteiger partial charge in [0.05, 0.1) is 6.54 Å². The van der Waals surface area contributed by atoms with Crippen molar-refractivity contribution in [1.29, 1.82) is 0 Å². The van der Waals surface area contributed by atoms with Crippen molar-refractivity contribution < 1.29 is 9.59 Å². The summed E-state index contributed by atoms with van der Waals surface area (Å²) in [6.45, 7) is 0.0623. The number of Topliss-reactive ketones (excluding diaryl/α,β-unsaturated/α-hetero) is 1. The fourth-order valence-corrected chi connectivity index (χ4v) is 2.25. The Morgan fingerprint density at radius 1 is 1.33 bits per heavy atom. The third-order valence-corrected chi connectivity index (χ3v) is 3.15. The molecule has 104 valence electrons. The number of aromatic amines is 1. The van der Waals surface area contributed by atoms with E-state index in [4.69, 9.17) is 0 Å². The van der Waals surface area contributed by atoms with Crippen LogP contribution in [0.15, 0.2) is 41.6 Å². The van der Waals surface area contributed by atoms with Gasteiger partial charge in [0.2, 0.25) is 5.78 Å². The van der Waals surface area contributed by atoms with Gasteiger partial charge in [-0.05, 0) is 0 Å². The van der Waals surface area contributed by atoms with Crippen LogP contribution >= 0.6 is 0 Å². The molecular weight excluding hydrogens is 272 g/mol. The van der Waals surface area contributed by atoms with E-state index in [0.29, 0.717) is 5.39 Å². The first kappa shape index (κ1) is 12.9. The summed E-state index contributed by atoms with van der Waals surface area (Å²) < 4.78 is 1.54. The maximum atomic E-state index is 11.9. The Hall–Kier alpha value is -3.09. The normalized spacial score (nSPS) is 10.7. The number of hydrogen-bond donors (Lipinski definition) is 1. The molecule has 0 aliphatic rings. The minimum atomic E-state index is -0.642. The monoisotopic (exact) mass is 282 g/mol. The van der Waals surface area contributed by atoms with Gasteiger partial charge in [-0.3, -0.25) is 14.4 Å². The van der Waals surface area contributed by atoms with Crippen LogP contribution in [-0.2, 0) is 11.3 Å². The zero-order valence-electron chi connectivity index (χ0n) is 10.8. The lowest BCUT2D eigenvalue weighted by molar-refractivity contribution is -0.104. The van der Waals surface area contributed by atoms with Gasteiger partial charge < -0.3 is 9.55 Å². The van der Waals surface area contributed by atoms with Crippen LogP contribution in [0.3, 0.4) is 0 Å². The van der Waals surface area contributed by atoms with Gasteiger partial charge in [-0.15, -0.1) is 10.2 Å². The van der Waals surface area contributed by atoms with E-state index >= 15 is 0 Å². The molecule has 21 heavy (non-hydrogen) atoms. The Labute approximate surface area is 118 Å². The molecule has 1 aromatic carbocycles. The number of nitrogens with zero attached hydrogens (tertiary/aromatic N) is 3. The summed E-state index contributed by atoms with van der Waals surface area (Å²) in [5, 5.41) is 8.84. The zero-order valence-corrected chi connectivity index (χ0v) is 10.8. The van der Waals surface area contributed by atoms with E-state index in [9.17, 15) is 14.4 Å². The van der Waals surface area contributed by atoms with Crippen LogP contribution in [0.25, 0.3) is 10.8 Å². The number of H-pyrrole nitrogens is 1. The topological polar surface area (TPSA) is 97.7 Å². The standard InChI is InChI=1S/C14H10N4O3/c19-7-12(20)13-10-4-2-1-3-9(10)5-18(13)6-11-14(21)15-8-16-17-11/h1-5,7-8H,6H2,(H,15,16,21). The maximum absolute atomic E-state index is 11.9. The fraction of sp³-hybridized carbons (Fsp3) is 0.0714. The molecule has 0 spiro atoms.